The van der Waals surface area contributed by atoms with E-state index in [9.17, 15) is 9.59 Å². The molecule has 3 saturated heterocycles. The second-order valence-corrected chi connectivity index (χ2v) is 7.78. The van der Waals surface area contributed by atoms with Gasteiger partial charge in [0.1, 0.15) is 0 Å². The van der Waals surface area contributed by atoms with Crippen LogP contribution < -0.4 is 0 Å². The Morgan fingerprint density at radius 3 is 2.46 bits per heavy atom. The smallest absolute Gasteiger partial charge is 0.239 e. The fourth-order valence-corrected chi connectivity index (χ4v) is 4.58. The number of carbonyl (C=O) groups excluding carboxylic acids is 2. The van der Waals surface area contributed by atoms with Crippen molar-refractivity contribution in [1.29, 1.82) is 0 Å². The summed E-state index contributed by atoms with van der Waals surface area (Å²) in [5.74, 6) is 0.457. The Labute approximate surface area is 144 Å². The topological polar surface area (TPSA) is 64.1 Å². The summed E-state index contributed by atoms with van der Waals surface area (Å²) in [5.41, 5.74) is 0.190. The van der Waals surface area contributed by atoms with Gasteiger partial charge in [0.05, 0.1) is 12.6 Å². The molecular weight excluding hydrogens is 306 g/mol. The summed E-state index contributed by atoms with van der Waals surface area (Å²) in [6.45, 7) is 7.00. The van der Waals surface area contributed by atoms with E-state index in [1.165, 1.54) is 0 Å². The van der Waals surface area contributed by atoms with Crippen LogP contribution in [0.5, 0.6) is 0 Å². The number of likely N-dealkylation sites (tertiary alicyclic amines) is 3. The molecule has 3 fully saturated rings. The molecule has 6 nitrogen and oxygen atoms in total. The molecule has 3 heterocycles. The van der Waals surface area contributed by atoms with Gasteiger partial charge in [-0.15, -0.1) is 0 Å². The number of piperidine rings is 2. The highest BCUT2D eigenvalue weighted by molar-refractivity contribution is 5.81. The Morgan fingerprint density at radius 2 is 1.83 bits per heavy atom. The third-order valence-electron chi connectivity index (χ3n) is 6.30. The van der Waals surface area contributed by atoms with Crippen molar-refractivity contribution in [2.75, 3.05) is 45.9 Å². The maximum atomic E-state index is 12.6. The molecule has 0 radical (unpaired) electrons. The van der Waals surface area contributed by atoms with E-state index < -0.39 is 0 Å². The number of aliphatic hydroxyl groups excluding tert-OH is 1. The van der Waals surface area contributed by atoms with Crippen molar-refractivity contribution in [2.24, 2.45) is 5.41 Å². The third-order valence-corrected chi connectivity index (χ3v) is 6.30. The second kappa shape index (κ2) is 7.40. The van der Waals surface area contributed by atoms with E-state index in [1.54, 1.807) is 0 Å². The van der Waals surface area contributed by atoms with E-state index in [2.05, 4.69) is 4.90 Å². The van der Waals surface area contributed by atoms with E-state index in [4.69, 9.17) is 5.11 Å². The van der Waals surface area contributed by atoms with Crippen LogP contribution in [0.3, 0.4) is 0 Å². The first-order valence-electron chi connectivity index (χ1n) is 9.46. The van der Waals surface area contributed by atoms with Crippen molar-refractivity contribution in [1.82, 2.24) is 14.7 Å². The SMILES string of the molecule is C[C@@H](C(=O)N1CCCC1)N1CCC2(CCC(=O)N(CCO)C2)CC1. The number of β-amino-alcohol motifs (C(OH)–C–C–N with tert-alkyl or cyclic N) is 1. The Bertz CT molecular complexity index is 468. The molecule has 0 aromatic heterocycles. The molecule has 3 aliphatic rings. The number of hydrogen-bond acceptors (Lipinski definition) is 4. The number of hydrogen-bond donors (Lipinski definition) is 1. The molecule has 0 aromatic rings. The highest BCUT2D eigenvalue weighted by Gasteiger charge is 2.42. The largest absolute Gasteiger partial charge is 0.395 e. The summed E-state index contributed by atoms with van der Waals surface area (Å²) in [4.78, 5) is 30.7. The summed E-state index contributed by atoms with van der Waals surface area (Å²) < 4.78 is 0. The maximum absolute atomic E-state index is 12.6. The average Bonchev–Trinajstić information content (AvgIpc) is 3.13. The van der Waals surface area contributed by atoms with Crippen LogP contribution in [0.1, 0.15) is 45.4 Å². The van der Waals surface area contributed by atoms with Crippen molar-refractivity contribution in [3.05, 3.63) is 0 Å². The summed E-state index contributed by atoms with van der Waals surface area (Å²) in [6.07, 6.45) is 5.91. The van der Waals surface area contributed by atoms with Gasteiger partial charge in [0.2, 0.25) is 11.8 Å². The standard InChI is InChI=1S/C18H31N3O3/c1-15(17(24)20-8-2-3-9-20)19-10-6-18(7-11-19)5-4-16(23)21(14-18)12-13-22/h15,22H,2-14H2,1H3/t15-/m0/s1. The Kier molecular flexibility index (Phi) is 5.45. The molecule has 0 aliphatic carbocycles. The van der Waals surface area contributed by atoms with Crippen LogP contribution in [0.25, 0.3) is 0 Å². The van der Waals surface area contributed by atoms with Crippen molar-refractivity contribution in [3.63, 3.8) is 0 Å². The first-order valence-corrected chi connectivity index (χ1v) is 9.46. The minimum absolute atomic E-state index is 0.0285. The van der Waals surface area contributed by atoms with Gasteiger partial charge in [-0.1, -0.05) is 0 Å². The van der Waals surface area contributed by atoms with E-state index in [1.807, 2.05) is 16.7 Å². The van der Waals surface area contributed by atoms with Crippen LogP contribution in [0, 0.1) is 5.41 Å². The molecule has 6 heteroatoms. The first kappa shape index (κ1) is 17.7. The van der Waals surface area contributed by atoms with Crippen LogP contribution in [0.15, 0.2) is 0 Å². The predicted octanol–water partition coefficient (Wildman–Crippen LogP) is 0.694. The fourth-order valence-electron chi connectivity index (χ4n) is 4.58. The van der Waals surface area contributed by atoms with Gasteiger partial charge in [-0.2, -0.15) is 0 Å². The number of amides is 2. The molecule has 3 aliphatic heterocycles. The maximum Gasteiger partial charge on any atom is 0.239 e. The zero-order valence-corrected chi connectivity index (χ0v) is 14.9. The fraction of sp³-hybridized carbons (Fsp3) is 0.889. The van der Waals surface area contributed by atoms with Gasteiger partial charge in [0, 0.05) is 32.6 Å². The minimum Gasteiger partial charge on any atom is -0.395 e. The van der Waals surface area contributed by atoms with Crippen LogP contribution in [0.2, 0.25) is 0 Å². The Balaban J connectivity index is 1.55. The van der Waals surface area contributed by atoms with Gasteiger partial charge in [0.25, 0.3) is 0 Å². The van der Waals surface area contributed by atoms with Gasteiger partial charge in [-0.3, -0.25) is 14.5 Å². The van der Waals surface area contributed by atoms with Crippen LogP contribution in [-0.2, 0) is 9.59 Å². The predicted molar refractivity (Wildman–Crippen MR) is 91.4 cm³/mol. The summed E-state index contributed by atoms with van der Waals surface area (Å²) in [6, 6.07) is -0.0285. The van der Waals surface area contributed by atoms with Crippen LogP contribution >= 0.6 is 0 Å². The van der Waals surface area contributed by atoms with Crippen molar-refractivity contribution in [3.8, 4) is 0 Å². The average molecular weight is 337 g/mol. The van der Waals surface area contributed by atoms with Gasteiger partial charge < -0.3 is 14.9 Å². The number of rotatable bonds is 4. The lowest BCUT2D eigenvalue weighted by Crippen LogP contribution is -2.55. The molecule has 1 N–H and O–H groups in total. The lowest BCUT2D eigenvalue weighted by molar-refractivity contribution is -0.141. The molecule has 136 valence electrons. The summed E-state index contributed by atoms with van der Waals surface area (Å²) >= 11 is 0. The molecule has 1 spiro atoms. The van der Waals surface area contributed by atoms with Crippen molar-refractivity contribution < 1.29 is 14.7 Å². The van der Waals surface area contributed by atoms with Gasteiger partial charge in [-0.05, 0) is 57.5 Å². The zero-order valence-electron chi connectivity index (χ0n) is 14.9. The molecule has 0 bridgehead atoms. The monoisotopic (exact) mass is 337 g/mol. The normalized spacial score (nSPS) is 26.2. The quantitative estimate of drug-likeness (QED) is 0.820. The second-order valence-electron chi connectivity index (χ2n) is 7.78. The molecule has 1 atom stereocenters. The van der Waals surface area contributed by atoms with Gasteiger partial charge >= 0.3 is 0 Å². The third kappa shape index (κ3) is 3.59. The molecular formula is C18H31N3O3. The minimum atomic E-state index is -0.0285. The van der Waals surface area contributed by atoms with Crippen molar-refractivity contribution >= 4 is 11.8 Å². The number of nitrogens with zero attached hydrogens (tertiary/aromatic N) is 3. The van der Waals surface area contributed by atoms with Gasteiger partial charge in [0.15, 0.2) is 0 Å². The van der Waals surface area contributed by atoms with Gasteiger partial charge in [-0.25, -0.2) is 0 Å². The van der Waals surface area contributed by atoms with Crippen molar-refractivity contribution in [2.45, 2.75) is 51.5 Å². The lowest BCUT2D eigenvalue weighted by Gasteiger charge is -2.48. The van der Waals surface area contributed by atoms with E-state index in [0.717, 1.165) is 64.8 Å². The van der Waals surface area contributed by atoms with Crippen LogP contribution in [0.4, 0.5) is 0 Å². The number of carbonyl (C=O) groups is 2. The molecule has 24 heavy (non-hydrogen) atoms. The highest BCUT2D eigenvalue weighted by Crippen LogP contribution is 2.40. The van der Waals surface area contributed by atoms with E-state index >= 15 is 0 Å². The number of aliphatic hydroxyl groups is 1. The first-order chi connectivity index (χ1) is 11.5. The molecule has 2 amide bonds. The van der Waals surface area contributed by atoms with E-state index in [0.29, 0.717) is 13.0 Å². The summed E-state index contributed by atoms with van der Waals surface area (Å²) in [5, 5.41) is 9.16. The molecule has 0 saturated carbocycles. The van der Waals surface area contributed by atoms with E-state index in [-0.39, 0.29) is 29.9 Å². The Morgan fingerprint density at radius 1 is 1.17 bits per heavy atom. The zero-order chi connectivity index (χ0) is 17.2. The molecule has 0 aromatic carbocycles. The molecule has 3 rings (SSSR count). The highest BCUT2D eigenvalue weighted by atomic mass is 16.3. The van der Waals surface area contributed by atoms with Crippen LogP contribution in [-0.4, -0.2) is 83.5 Å². The molecule has 0 unspecified atom stereocenters. The summed E-state index contributed by atoms with van der Waals surface area (Å²) in [7, 11) is 0. The lowest BCUT2D eigenvalue weighted by atomic mass is 9.72. The Hall–Kier alpha value is -1.14.